The summed E-state index contributed by atoms with van der Waals surface area (Å²) in [7, 11) is 3.98. The van der Waals surface area contributed by atoms with Gasteiger partial charge >= 0.3 is 0 Å². The molecule has 0 amide bonds. The second kappa shape index (κ2) is 9.90. The zero-order valence-electron chi connectivity index (χ0n) is 18.2. The van der Waals surface area contributed by atoms with Crippen LogP contribution in [0.3, 0.4) is 0 Å². The molecule has 11 heteroatoms. The zero-order chi connectivity index (χ0) is 23.5. The smallest absolute Gasteiger partial charge is 0.186 e. The van der Waals surface area contributed by atoms with Gasteiger partial charge in [0.15, 0.2) is 11.5 Å². The van der Waals surface area contributed by atoms with Crippen molar-refractivity contribution in [2.45, 2.75) is 11.8 Å². The van der Waals surface area contributed by atoms with Crippen molar-refractivity contribution >= 4 is 46.1 Å². The van der Waals surface area contributed by atoms with E-state index >= 15 is 0 Å². The van der Waals surface area contributed by atoms with Crippen molar-refractivity contribution < 1.29 is 8.78 Å². The lowest BCUT2D eigenvalue weighted by atomic mass is 10.2. The van der Waals surface area contributed by atoms with Crippen LogP contribution in [0.15, 0.2) is 41.3 Å². The van der Waals surface area contributed by atoms with E-state index in [2.05, 4.69) is 35.1 Å². The van der Waals surface area contributed by atoms with Crippen LogP contribution in [-0.4, -0.2) is 52.3 Å². The first-order valence-corrected chi connectivity index (χ1v) is 11.3. The molecule has 0 spiro atoms. The minimum Gasteiger partial charge on any atom is -0.368 e. The summed E-state index contributed by atoms with van der Waals surface area (Å²) in [5.74, 6) is 0.0173. The van der Waals surface area contributed by atoms with Gasteiger partial charge in [-0.2, -0.15) is 5.10 Å². The number of anilines is 2. The molecule has 0 aliphatic carbocycles. The summed E-state index contributed by atoms with van der Waals surface area (Å²) in [5, 5.41) is 11.7. The van der Waals surface area contributed by atoms with Crippen LogP contribution in [-0.2, 0) is 0 Å². The summed E-state index contributed by atoms with van der Waals surface area (Å²) in [6.45, 7) is 3.39. The minimum atomic E-state index is -0.522. The van der Waals surface area contributed by atoms with Gasteiger partial charge in [-0.1, -0.05) is 11.6 Å². The number of benzene rings is 2. The Bertz CT molecular complexity index is 1300. The van der Waals surface area contributed by atoms with Gasteiger partial charge < -0.3 is 14.9 Å². The first-order valence-electron chi connectivity index (χ1n) is 10.1. The Hall–Kier alpha value is -2.95. The number of hydrogen-bond acceptors (Lipinski definition) is 7. The molecule has 0 saturated heterocycles. The molecule has 33 heavy (non-hydrogen) atoms. The Morgan fingerprint density at radius 2 is 1.91 bits per heavy atom. The lowest BCUT2D eigenvalue weighted by Gasteiger charge is -2.13. The van der Waals surface area contributed by atoms with Gasteiger partial charge in [-0.25, -0.2) is 18.7 Å². The maximum Gasteiger partial charge on any atom is 0.186 e. The van der Waals surface area contributed by atoms with Gasteiger partial charge in [-0.05, 0) is 69.4 Å². The van der Waals surface area contributed by atoms with Crippen LogP contribution >= 0.6 is 23.5 Å². The molecule has 0 fully saturated rings. The van der Waals surface area contributed by atoms with Crippen LogP contribution in [0, 0.1) is 18.6 Å². The second-order valence-corrected chi connectivity index (χ2v) is 8.93. The molecule has 0 bridgehead atoms. The number of fused-ring (bicyclic) bond motifs is 1. The quantitative estimate of drug-likeness (QED) is 0.288. The summed E-state index contributed by atoms with van der Waals surface area (Å²) in [6.07, 6.45) is 0. The normalized spacial score (nSPS) is 11.4. The molecule has 172 valence electrons. The SMILES string of the molecule is Cc1[nH]nc2nc(-c3ccc(NSc4cc(Cl)ccc4F)c(F)c3)nc(NCCN(C)C)c12. The molecule has 0 atom stereocenters. The number of aromatic nitrogens is 4. The fraction of sp³-hybridized carbons (Fsp3) is 0.227. The third-order valence-electron chi connectivity index (χ3n) is 4.84. The Kier molecular flexibility index (Phi) is 6.96. The van der Waals surface area contributed by atoms with Crippen molar-refractivity contribution in [1.82, 2.24) is 25.1 Å². The van der Waals surface area contributed by atoms with Gasteiger partial charge in [0, 0.05) is 29.4 Å². The van der Waals surface area contributed by atoms with Crippen molar-refractivity contribution in [2.24, 2.45) is 0 Å². The predicted molar refractivity (Wildman–Crippen MR) is 130 cm³/mol. The van der Waals surface area contributed by atoms with E-state index in [1.54, 1.807) is 12.1 Å². The molecule has 0 aliphatic rings. The summed E-state index contributed by atoms with van der Waals surface area (Å²) in [4.78, 5) is 11.4. The summed E-state index contributed by atoms with van der Waals surface area (Å²) >= 11 is 6.85. The number of halogens is 3. The molecule has 0 saturated carbocycles. The van der Waals surface area contributed by atoms with E-state index in [0.29, 0.717) is 34.4 Å². The molecular formula is C22H22ClF2N7S. The summed E-state index contributed by atoms with van der Waals surface area (Å²) in [5.41, 5.74) is 2.04. The van der Waals surface area contributed by atoms with Gasteiger partial charge in [0.2, 0.25) is 0 Å². The van der Waals surface area contributed by atoms with E-state index in [9.17, 15) is 8.78 Å². The molecule has 2 aromatic carbocycles. The monoisotopic (exact) mass is 489 g/mol. The molecule has 7 nitrogen and oxygen atoms in total. The molecule has 0 aliphatic heterocycles. The largest absolute Gasteiger partial charge is 0.368 e. The first-order chi connectivity index (χ1) is 15.8. The van der Waals surface area contributed by atoms with Crippen molar-refractivity contribution in [3.8, 4) is 11.4 Å². The Balaban J connectivity index is 1.59. The van der Waals surface area contributed by atoms with E-state index in [1.165, 1.54) is 24.3 Å². The number of nitrogens with zero attached hydrogens (tertiary/aromatic N) is 4. The van der Waals surface area contributed by atoms with Crippen LogP contribution in [0.25, 0.3) is 22.4 Å². The highest BCUT2D eigenvalue weighted by Gasteiger charge is 2.16. The lowest BCUT2D eigenvalue weighted by Crippen LogP contribution is -2.21. The van der Waals surface area contributed by atoms with Gasteiger partial charge in [0.05, 0.1) is 16.0 Å². The fourth-order valence-electron chi connectivity index (χ4n) is 3.13. The van der Waals surface area contributed by atoms with E-state index in [0.717, 1.165) is 29.6 Å². The highest BCUT2D eigenvalue weighted by molar-refractivity contribution is 8.00. The summed E-state index contributed by atoms with van der Waals surface area (Å²) < 4.78 is 31.6. The van der Waals surface area contributed by atoms with Crippen molar-refractivity contribution in [3.05, 3.63) is 58.7 Å². The molecule has 0 unspecified atom stereocenters. The topological polar surface area (TPSA) is 81.8 Å². The molecule has 4 rings (SSSR count). The van der Waals surface area contributed by atoms with Crippen LogP contribution in [0.1, 0.15) is 5.69 Å². The van der Waals surface area contributed by atoms with Crippen molar-refractivity contribution in [2.75, 3.05) is 37.2 Å². The highest BCUT2D eigenvalue weighted by Crippen LogP contribution is 2.31. The van der Waals surface area contributed by atoms with E-state index in [-0.39, 0.29) is 10.6 Å². The minimum absolute atomic E-state index is 0.198. The Morgan fingerprint density at radius 1 is 1.09 bits per heavy atom. The molecule has 3 N–H and O–H groups in total. The van der Waals surface area contributed by atoms with Crippen LogP contribution in [0.4, 0.5) is 20.3 Å². The molecular weight excluding hydrogens is 468 g/mol. The number of likely N-dealkylation sites (N-methyl/N-ethyl adjacent to an activating group) is 1. The summed E-state index contributed by atoms with van der Waals surface area (Å²) in [6, 6.07) is 8.78. The van der Waals surface area contributed by atoms with Gasteiger partial charge in [0.25, 0.3) is 0 Å². The second-order valence-electron chi connectivity index (χ2n) is 7.65. The van der Waals surface area contributed by atoms with Gasteiger partial charge in [0.1, 0.15) is 17.5 Å². The number of nitrogens with one attached hydrogen (secondary N) is 3. The lowest BCUT2D eigenvalue weighted by molar-refractivity contribution is 0.425. The van der Waals surface area contributed by atoms with Gasteiger partial charge in [-0.15, -0.1) is 0 Å². The number of H-pyrrole nitrogens is 1. The Morgan fingerprint density at radius 3 is 2.67 bits per heavy atom. The number of hydrogen-bond donors (Lipinski definition) is 3. The third kappa shape index (κ3) is 5.35. The molecule has 2 heterocycles. The molecule has 4 aromatic rings. The number of aromatic amines is 1. The maximum atomic E-state index is 14.8. The first kappa shape index (κ1) is 23.2. The van der Waals surface area contributed by atoms with E-state index in [1.807, 2.05) is 21.0 Å². The Labute approximate surface area is 199 Å². The van der Waals surface area contributed by atoms with Gasteiger partial charge in [-0.3, -0.25) is 5.10 Å². The van der Waals surface area contributed by atoms with E-state index in [4.69, 9.17) is 11.6 Å². The third-order valence-corrected chi connectivity index (χ3v) is 5.93. The maximum absolute atomic E-state index is 14.8. The van der Waals surface area contributed by atoms with Crippen molar-refractivity contribution in [1.29, 1.82) is 0 Å². The average Bonchev–Trinajstić information content (AvgIpc) is 3.15. The fourth-order valence-corrected chi connectivity index (χ4v) is 4.10. The molecule has 2 aromatic heterocycles. The number of aryl methyl sites for hydroxylation is 1. The van der Waals surface area contributed by atoms with Crippen molar-refractivity contribution in [3.63, 3.8) is 0 Å². The van der Waals surface area contributed by atoms with Crippen LogP contribution in [0.2, 0.25) is 5.02 Å². The van der Waals surface area contributed by atoms with E-state index < -0.39 is 11.6 Å². The standard InChI is InChI=1S/C22H22ClF2N7S/c1-12-19-21(26-8-9-32(2)3)27-20(28-22(19)30-29-12)13-4-7-17(16(25)10-13)31-33-18-11-14(23)5-6-15(18)24/h4-7,10-11,31H,8-9H2,1-3H3,(H2,26,27,28,29,30). The average molecular weight is 490 g/mol. The number of rotatable bonds is 8. The van der Waals surface area contributed by atoms with Crippen LogP contribution in [0.5, 0.6) is 0 Å². The zero-order valence-corrected chi connectivity index (χ0v) is 19.8. The van der Waals surface area contributed by atoms with Crippen LogP contribution < -0.4 is 10.0 Å². The predicted octanol–water partition coefficient (Wildman–Crippen LogP) is 5.35. The molecule has 0 radical (unpaired) electrons. The highest BCUT2D eigenvalue weighted by atomic mass is 35.5.